The average molecular weight is 566 g/mol. The van der Waals surface area contributed by atoms with Crippen LogP contribution in [0.25, 0.3) is 0 Å². The average Bonchev–Trinajstić information content (AvgIpc) is 2.83. The number of hydrogen-bond donors (Lipinski definition) is 1. The summed E-state index contributed by atoms with van der Waals surface area (Å²) in [4.78, 5) is 12.3. The van der Waals surface area contributed by atoms with Gasteiger partial charge in [0.05, 0.1) is 24.4 Å². The molecule has 3 aromatic rings. The van der Waals surface area contributed by atoms with Crippen LogP contribution in [0.3, 0.4) is 0 Å². The Morgan fingerprint density at radius 2 is 1.85 bits per heavy atom. The molecular weight excluding hydrogens is 543 g/mol. The van der Waals surface area contributed by atoms with Gasteiger partial charge in [-0.25, -0.2) is 5.43 Å². The molecule has 3 aromatic carbocycles. The van der Waals surface area contributed by atoms with E-state index in [0.29, 0.717) is 43.8 Å². The molecule has 0 spiro atoms. The first-order valence-electron chi connectivity index (χ1n) is 10.4. The zero-order valence-corrected chi connectivity index (χ0v) is 21.7. The molecule has 0 aliphatic heterocycles. The van der Waals surface area contributed by atoms with Gasteiger partial charge in [0.2, 0.25) is 0 Å². The van der Waals surface area contributed by atoms with E-state index in [2.05, 4.69) is 26.5 Å². The third-order valence-electron chi connectivity index (χ3n) is 4.61. The minimum absolute atomic E-state index is 0.233. The molecule has 0 radical (unpaired) electrons. The van der Waals surface area contributed by atoms with E-state index in [-0.39, 0.29) is 12.5 Å². The lowest BCUT2D eigenvalue weighted by Gasteiger charge is -2.14. The van der Waals surface area contributed by atoms with Gasteiger partial charge in [-0.3, -0.25) is 4.79 Å². The Labute approximate surface area is 216 Å². The first kappa shape index (κ1) is 25.9. The summed E-state index contributed by atoms with van der Waals surface area (Å²) in [6, 6.07) is 15.7. The molecule has 0 saturated carbocycles. The van der Waals surface area contributed by atoms with Crippen LogP contribution in [-0.4, -0.2) is 25.8 Å². The van der Waals surface area contributed by atoms with Gasteiger partial charge in [0.25, 0.3) is 5.91 Å². The second-order valence-corrected chi connectivity index (χ2v) is 8.83. The first-order valence-corrected chi connectivity index (χ1v) is 12.0. The van der Waals surface area contributed by atoms with Crippen LogP contribution in [0.1, 0.15) is 34.8 Å². The van der Waals surface area contributed by atoms with Gasteiger partial charge in [0, 0.05) is 21.2 Å². The van der Waals surface area contributed by atoms with E-state index >= 15 is 0 Å². The van der Waals surface area contributed by atoms with E-state index in [4.69, 9.17) is 37.4 Å². The molecule has 0 bridgehead atoms. The minimum atomic E-state index is -0.330. The fourth-order valence-electron chi connectivity index (χ4n) is 2.90. The monoisotopic (exact) mass is 564 g/mol. The van der Waals surface area contributed by atoms with E-state index in [1.54, 1.807) is 61.7 Å². The zero-order chi connectivity index (χ0) is 24.5. The number of carbonyl (C=O) groups is 1. The van der Waals surface area contributed by atoms with Gasteiger partial charge in [-0.1, -0.05) is 36.2 Å². The molecule has 0 saturated heterocycles. The predicted molar refractivity (Wildman–Crippen MR) is 139 cm³/mol. The summed E-state index contributed by atoms with van der Waals surface area (Å²) < 4.78 is 17.6. The second-order valence-electron chi connectivity index (χ2n) is 7.13. The highest BCUT2D eigenvalue weighted by Crippen LogP contribution is 2.37. The van der Waals surface area contributed by atoms with Crippen LogP contribution in [0.15, 0.2) is 64.2 Å². The molecule has 34 heavy (non-hydrogen) atoms. The number of amides is 1. The molecule has 178 valence electrons. The number of methoxy groups -OCH3 is 1. The number of nitrogens with one attached hydrogen (secondary N) is 1. The van der Waals surface area contributed by atoms with E-state index in [1.807, 2.05) is 6.92 Å². The van der Waals surface area contributed by atoms with Gasteiger partial charge in [0.1, 0.15) is 12.4 Å². The van der Waals surface area contributed by atoms with Crippen molar-refractivity contribution in [1.29, 1.82) is 0 Å². The lowest BCUT2D eigenvalue weighted by Crippen LogP contribution is -2.17. The van der Waals surface area contributed by atoms with E-state index in [9.17, 15) is 4.79 Å². The Hall–Kier alpha value is -2.74. The number of hydrazone groups is 1. The lowest BCUT2D eigenvalue weighted by molar-refractivity contribution is 0.0955. The van der Waals surface area contributed by atoms with Crippen LogP contribution in [0, 0.1) is 0 Å². The molecule has 0 aliphatic carbocycles. The maximum absolute atomic E-state index is 12.3. The number of rotatable bonds is 10. The van der Waals surface area contributed by atoms with Crippen LogP contribution < -0.4 is 19.6 Å². The van der Waals surface area contributed by atoms with Crippen molar-refractivity contribution in [2.45, 2.75) is 20.0 Å². The maximum Gasteiger partial charge on any atom is 0.271 e. The number of carbonyl (C=O) groups excluding carboxylic acids is 1. The van der Waals surface area contributed by atoms with Gasteiger partial charge < -0.3 is 14.2 Å². The Kier molecular flexibility index (Phi) is 9.62. The topological polar surface area (TPSA) is 69.2 Å². The van der Waals surface area contributed by atoms with Gasteiger partial charge in [0.15, 0.2) is 11.5 Å². The Morgan fingerprint density at radius 3 is 2.53 bits per heavy atom. The smallest absolute Gasteiger partial charge is 0.271 e. The lowest BCUT2D eigenvalue weighted by atomic mass is 10.2. The molecule has 3 rings (SSSR count). The van der Waals surface area contributed by atoms with Crippen molar-refractivity contribution in [2.24, 2.45) is 5.10 Å². The fourth-order valence-corrected chi connectivity index (χ4v) is 3.93. The number of hydrogen-bond acceptors (Lipinski definition) is 5. The van der Waals surface area contributed by atoms with Crippen LogP contribution in [-0.2, 0) is 6.61 Å². The third kappa shape index (κ3) is 7.13. The van der Waals surface area contributed by atoms with Gasteiger partial charge in [-0.05, 0) is 76.4 Å². The largest absolute Gasteiger partial charge is 0.494 e. The molecule has 0 aromatic heterocycles. The zero-order valence-electron chi connectivity index (χ0n) is 18.6. The predicted octanol–water partition coefficient (Wildman–Crippen LogP) is 6.90. The van der Waals surface area contributed by atoms with Gasteiger partial charge in [-0.15, -0.1) is 0 Å². The van der Waals surface area contributed by atoms with Crippen molar-refractivity contribution in [3.05, 3.63) is 85.8 Å². The van der Waals surface area contributed by atoms with Gasteiger partial charge in [-0.2, -0.15) is 5.10 Å². The fraction of sp³-hybridized carbons (Fsp3) is 0.200. The number of benzene rings is 3. The standard InChI is InChI=1S/C25H23BrCl2N2O4/c1-3-10-33-20-8-5-17(6-9-20)25(31)30-29-14-16-11-21(26)24(23(12-16)32-2)34-15-18-4-7-19(27)13-22(18)28/h4-9,11-14H,3,10,15H2,1-2H3,(H,30,31)/b29-14+. The number of nitrogens with zero attached hydrogens (tertiary/aromatic N) is 1. The molecule has 1 amide bonds. The Morgan fingerprint density at radius 1 is 1.09 bits per heavy atom. The Bertz CT molecular complexity index is 1170. The Balaban J connectivity index is 1.64. The molecule has 1 N–H and O–H groups in total. The molecule has 0 heterocycles. The van der Waals surface area contributed by atoms with Crippen molar-refractivity contribution < 1.29 is 19.0 Å². The molecule has 0 fully saturated rings. The summed E-state index contributed by atoms with van der Waals surface area (Å²) in [6.07, 6.45) is 2.44. The summed E-state index contributed by atoms with van der Waals surface area (Å²) in [7, 11) is 1.54. The van der Waals surface area contributed by atoms with Crippen molar-refractivity contribution in [2.75, 3.05) is 13.7 Å². The van der Waals surface area contributed by atoms with Gasteiger partial charge >= 0.3 is 0 Å². The quantitative estimate of drug-likeness (QED) is 0.214. The van der Waals surface area contributed by atoms with E-state index in [1.165, 1.54) is 6.21 Å². The summed E-state index contributed by atoms with van der Waals surface area (Å²) in [5.74, 6) is 1.40. The van der Waals surface area contributed by atoms with Crippen LogP contribution in [0.5, 0.6) is 17.2 Å². The van der Waals surface area contributed by atoms with Crippen molar-refractivity contribution >= 4 is 51.3 Å². The highest BCUT2D eigenvalue weighted by atomic mass is 79.9. The number of halogens is 3. The highest BCUT2D eigenvalue weighted by molar-refractivity contribution is 9.10. The number of ether oxygens (including phenoxy) is 3. The third-order valence-corrected chi connectivity index (χ3v) is 5.78. The van der Waals surface area contributed by atoms with Crippen LogP contribution in [0.2, 0.25) is 10.0 Å². The van der Waals surface area contributed by atoms with Crippen molar-refractivity contribution in [3.63, 3.8) is 0 Å². The molecule has 0 atom stereocenters. The summed E-state index contributed by atoms with van der Waals surface area (Å²) in [6.45, 7) is 2.90. The molecule has 6 nitrogen and oxygen atoms in total. The van der Waals surface area contributed by atoms with Crippen molar-refractivity contribution in [3.8, 4) is 17.2 Å². The molecule has 0 aliphatic rings. The normalized spacial score (nSPS) is 10.9. The summed E-state index contributed by atoms with van der Waals surface area (Å²) >= 11 is 15.7. The molecule has 0 unspecified atom stereocenters. The minimum Gasteiger partial charge on any atom is -0.494 e. The van der Waals surface area contributed by atoms with E-state index in [0.717, 1.165) is 17.7 Å². The molecule has 9 heteroatoms. The van der Waals surface area contributed by atoms with Crippen molar-refractivity contribution in [1.82, 2.24) is 5.43 Å². The highest BCUT2D eigenvalue weighted by Gasteiger charge is 2.13. The molecular formula is C25H23BrCl2N2O4. The summed E-state index contributed by atoms with van der Waals surface area (Å²) in [5.41, 5.74) is 4.48. The maximum atomic E-state index is 12.3. The first-order chi connectivity index (χ1) is 16.4. The van der Waals surface area contributed by atoms with Crippen LogP contribution >= 0.6 is 39.1 Å². The summed E-state index contributed by atoms with van der Waals surface area (Å²) in [5, 5.41) is 5.12. The second kappa shape index (κ2) is 12.6. The van der Waals surface area contributed by atoms with Crippen LogP contribution in [0.4, 0.5) is 0 Å². The SMILES string of the molecule is CCCOc1ccc(C(=O)N/N=C/c2cc(Br)c(OCc3ccc(Cl)cc3Cl)c(OC)c2)cc1. The van der Waals surface area contributed by atoms with E-state index < -0.39 is 0 Å².